The summed E-state index contributed by atoms with van der Waals surface area (Å²) in [5.74, 6) is -0.310. The molecular formula is C21H17NO4. The van der Waals surface area contributed by atoms with Gasteiger partial charge in [0, 0.05) is 17.3 Å². The van der Waals surface area contributed by atoms with Gasteiger partial charge in [-0.3, -0.25) is 9.59 Å². The summed E-state index contributed by atoms with van der Waals surface area (Å²) in [7, 11) is 0. The summed E-state index contributed by atoms with van der Waals surface area (Å²) < 4.78 is 6.06. The van der Waals surface area contributed by atoms with Gasteiger partial charge in [0.05, 0.1) is 5.39 Å². The topological polar surface area (TPSA) is 79.5 Å². The number of carboxylic acids is 1. The number of anilines is 1. The van der Waals surface area contributed by atoms with E-state index in [4.69, 9.17) is 9.52 Å². The van der Waals surface area contributed by atoms with E-state index in [-0.39, 0.29) is 12.0 Å². The largest absolute Gasteiger partial charge is 0.480 e. The molecule has 0 amide bonds. The third kappa shape index (κ3) is 2.99. The molecule has 0 radical (unpaired) electrons. The van der Waals surface area contributed by atoms with Crippen molar-refractivity contribution >= 4 is 34.3 Å². The zero-order valence-corrected chi connectivity index (χ0v) is 14.0. The normalized spacial score (nSPS) is 14.5. The van der Waals surface area contributed by atoms with E-state index < -0.39 is 5.97 Å². The number of aliphatic carboxylic acids is 1. The lowest BCUT2D eigenvalue weighted by atomic mass is 10.1. The van der Waals surface area contributed by atoms with Crippen molar-refractivity contribution in [3.8, 4) is 0 Å². The first-order chi connectivity index (χ1) is 12.6. The van der Waals surface area contributed by atoms with Gasteiger partial charge >= 0.3 is 5.97 Å². The Hall–Kier alpha value is -3.34. The molecule has 0 bridgehead atoms. The van der Waals surface area contributed by atoms with Gasteiger partial charge in [0.1, 0.15) is 17.9 Å². The van der Waals surface area contributed by atoms with Crippen LogP contribution in [0.25, 0.3) is 22.6 Å². The fraction of sp³-hybridized carbons (Fsp3) is 0.143. The van der Waals surface area contributed by atoms with E-state index in [2.05, 4.69) is 5.32 Å². The molecule has 0 aliphatic heterocycles. The molecule has 1 heterocycles. The van der Waals surface area contributed by atoms with Crippen LogP contribution in [0.5, 0.6) is 0 Å². The third-order valence-corrected chi connectivity index (χ3v) is 4.51. The van der Waals surface area contributed by atoms with Crippen LogP contribution in [0.3, 0.4) is 0 Å². The first-order valence-electron chi connectivity index (χ1n) is 8.43. The van der Waals surface area contributed by atoms with Crippen molar-refractivity contribution in [3.63, 3.8) is 0 Å². The molecule has 2 N–H and O–H groups in total. The molecule has 0 unspecified atom stereocenters. The highest BCUT2D eigenvalue weighted by atomic mass is 16.4. The van der Waals surface area contributed by atoms with Crippen molar-refractivity contribution in [2.45, 2.75) is 12.8 Å². The molecule has 5 nitrogen and oxygen atoms in total. The highest BCUT2D eigenvalue weighted by Gasteiger charge is 2.24. The number of carboxylic acid groups (broad SMARTS) is 1. The molecule has 1 aliphatic rings. The van der Waals surface area contributed by atoms with E-state index >= 15 is 0 Å². The van der Waals surface area contributed by atoms with E-state index in [9.17, 15) is 9.59 Å². The van der Waals surface area contributed by atoms with Gasteiger partial charge in [-0.15, -0.1) is 0 Å². The van der Waals surface area contributed by atoms with Crippen LogP contribution in [0.15, 0.2) is 57.7 Å². The lowest BCUT2D eigenvalue weighted by Crippen LogP contribution is -2.13. The van der Waals surface area contributed by atoms with E-state index in [0.29, 0.717) is 34.4 Å². The first kappa shape index (κ1) is 16.1. The quantitative estimate of drug-likeness (QED) is 0.751. The fourth-order valence-electron chi connectivity index (χ4n) is 3.27. The maximum atomic E-state index is 12.8. The van der Waals surface area contributed by atoms with Gasteiger partial charge in [-0.25, -0.2) is 0 Å². The number of fused-ring (bicyclic) bond motifs is 2. The molecule has 0 saturated heterocycles. The molecule has 0 fully saturated rings. The second-order valence-corrected chi connectivity index (χ2v) is 6.28. The second-order valence-electron chi connectivity index (χ2n) is 6.28. The first-order valence-corrected chi connectivity index (χ1v) is 8.43. The van der Waals surface area contributed by atoms with Crippen LogP contribution in [0.2, 0.25) is 0 Å². The van der Waals surface area contributed by atoms with Crippen LogP contribution in [0.1, 0.15) is 23.3 Å². The van der Waals surface area contributed by atoms with Crippen LogP contribution < -0.4 is 10.7 Å². The predicted octanol–water partition coefficient (Wildman–Crippen LogP) is 3.78. The average Bonchev–Trinajstić information content (AvgIpc) is 3.04. The molecule has 2 aromatic carbocycles. The van der Waals surface area contributed by atoms with Gasteiger partial charge in [-0.2, -0.15) is 0 Å². The minimum absolute atomic E-state index is 0.0116. The van der Waals surface area contributed by atoms with Crippen molar-refractivity contribution in [1.29, 1.82) is 0 Å². The van der Waals surface area contributed by atoms with Gasteiger partial charge in [0.25, 0.3) is 0 Å². The van der Waals surface area contributed by atoms with Gasteiger partial charge in [-0.05, 0) is 42.2 Å². The standard InChI is InChI=1S/C21H17NO4/c23-19(24)12-22-15-7-9-16-18(11-15)26-21-14(6-8-17(21)20(16)25)10-13-4-2-1-3-5-13/h1-5,7,9-11,22H,6,8,12H2,(H,23,24)/b14-10+. The average molecular weight is 347 g/mol. The lowest BCUT2D eigenvalue weighted by molar-refractivity contribution is -0.134. The van der Waals surface area contributed by atoms with E-state index in [1.807, 2.05) is 36.4 Å². The van der Waals surface area contributed by atoms with Crippen LogP contribution in [0.4, 0.5) is 5.69 Å². The third-order valence-electron chi connectivity index (χ3n) is 4.51. The summed E-state index contributed by atoms with van der Waals surface area (Å²) in [6, 6.07) is 15.0. The second kappa shape index (κ2) is 6.52. The van der Waals surface area contributed by atoms with Crippen LogP contribution >= 0.6 is 0 Å². The lowest BCUT2D eigenvalue weighted by Gasteiger charge is -2.07. The highest BCUT2D eigenvalue weighted by molar-refractivity contribution is 5.88. The van der Waals surface area contributed by atoms with Gasteiger partial charge < -0.3 is 14.8 Å². The molecular weight excluding hydrogens is 330 g/mol. The summed E-state index contributed by atoms with van der Waals surface area (Å²) in [5.41, 5.74) is 3.84. The van der Waals surface area contributed by atoms with Crippen LogP contribution in [-0.4, -0.2) is 17.6 Å². The number of hydrogen-bond donors (Lipinski definition) is 2. The molecule has 0 spiro atoms. The van der Waals surface area contributed by atoms with Crippen LogP contribution in [0, 0.1) is 0 Å². The van der Waals surface area contributed by atoms with Crippen molar-refractivity contribution in [2.75, 3.05) is 11.9 Å². The highest BCUT2D eigenvalue weighted by Crippen LogP contribution is 2.34. The molecule has 130 valence electrons. The van der Waals surface area contributed by atoms with E-state index in [1.54, 1.807) is 18.2 Å². The molecule has 5 heteroatoms. The Morgan fingerprint density at radius 3 is 2.73 bits per heavy atom. The maximum absolute atomic E-state index is 12.8. The minimum Gasteiger partial charge on any atom is -0.480 e. The van der Waals surface area contributed by atoms with Crippen molar-refractivity contribution in [1.82, 2.24) is 0 Å². The van der Waals surface area contributed by atoms with Crippen molar-refractivity contribution in [3.05, 3.63) is 75.6 Å². The zero-order valence-electron chi connectivity index (χ0n) is 14.0. The Balaban J connectivity index is 1.79. The van der Waals surface area contributed by atoms with Gasteiger partial charge in [-0.1, -0.05) is 30.3 Å². The number of benzene rings is 2. The monoisotopic (exact) mass is 347 g/mol. The summed E-state index contributed by atoms with van der Waals surface area (Å²) >= 11 is 0. The Morgan fingerprint density at radius 2 is 1.96 bits per heavy atom. The molecule has 3 aromatic rings. The molecule has 0 saturated carbocycles. The number of allylic oxidation sites excluding steroid dienone is 1. The predicted molar refractivity (Wildman–Crippen MR) is 101 cm³/mol. The Labute approximate surface area is 149 Å². The number of carbonyl (C=O) groups is 1. The number of nitrogens with one attached hydrogen (secondary N) is 1. The van der Waals surface area contributed by atoms with E-state index in [1.165, 1.54) is 0 Å². The molecule has 26 heavy (non-hydrogen) atoms. The van der Waals surface area contributed by atoms with Crippen molar-refractivity contribution < 1.29 is 14.3 Å². The summed E-state index contributed by atoms with van der Waals surface area (Å²) in [4.78, 5) is 23.5. The SMILES string of the molecule is O=C(O)CNc1ccc2c(=O)c3c(oc2c1)/C(=C/c1ccccc1)CC3. The Kier molecular flexibility index (Phi) is 4.05. The fourth-order valence-corrected chi connectivity index (χ4v) is 3.27. The van der Waals surface area contributed by atoms with Crippen molar-refractivity contribution in [2.24, 2.45) is 0 Å². The van der Waals surface area contributed by atoms with Gasteiger partial charge in [0.15, 0.2) is 5.43 Å². The maximum Gasteiger partial charge on any atom is 0.322 e. The Bertz CT molecular complexity index is 1080. The molecule has 1 aliphatic carbocycles. The molecule has 0 atom stereocenters. The zero-order chi connectivity index (χ0) is 18.1. The smallest absolute Gasteiger partial charge is 0.322 e. The summed E-state index contributed by atoms with van der Waals surface area (Å²) in [6.45, 7) is -0.195. The summed E-state index contributed by atoms with van der Waals surface area (Å²) in [5, 5.41) is 12.1. The summed E-state index contributed by atoms with van der Waals surface area (Å²) in [6.07, 6.45) is 3.49. The molecule has 1 aromatic heterocycles. The van der Waals surface area contributed by atoms with E-state index in [0.717, 1.165) is 17.6 Å². The van der Waals surface area contributed by atoms with Gasteiger partial charge in [0.2, 0.25) is 0 Å². The minimum atomic E-state index is -0.950. The van der Waals surface area contributed by atoms with Crippen LogP contribution in [-0.2, 0) is 11.2 Å². The Morgan fingerprint density at radius 1 is 1.15 bits per heavy atom. The molecule has 4 rings (SSSR count). The number of hydrogen-bond acceptors (Lipinski definition) is 4. The number of rotatable bonds is 4.